The van der Waals surface area contributed by atoms with Crippen molar-refractivity contribution in [3.05, 3.63) is 47.3 Å². The van der Waals surface area contributed by atoms with E-state index in [1.54, 1.807) is 0 Å². The molecule has 0 aliphatic carbocycles. The molecular formula is C14H14N2O4. The van der Waals surface area contributed by atoms with E-state index in [0.29, 0.717) is 6.54 Å². The summed E-state index contributed by atoms with van der Waals surface area (Å²) in [6.07, 6.45) is 0. The molecule has 0 spiro atoms. The van der Waals surface area contributed by atoms with Crippen molar-refractivity contribution in [3.8, 4) is 0 Å². The summed E-state index contributed by atoms with van der Waals surface area (Å²) in [5.41, 5.74) is 1.79. The van der Waals surface area contributed by atoms with Gasteiger partial charge in [0.2, 0.25) is 5.76 Å². The van der Waals surface area contributed by atoms with E-state index in [1.165, 1.54) is 4.90 Å². The largest absolute Gasteiger partial charge is 0.475 e. The van der Waals surface area contributed by atoms with Gasteiger partial charge >= 0.3 is 5.97 Å². The van der Waals surface area contributed by atoms with Gasteiger partial charge in [0.05, 0.1) is 0 Å². The summed E-state index contributed by atoms with van der Waals surface area (Å²) in [7, 11) is 0. The molecule has 104 valence electrons. The lowest BCUT2D eigenvalue weighted by atomic mass is 10.2. The molecule has 0 saturated carbocycles. The number of nitrogens with zero attached hydrogens (tertiary/aromatic N) is 2. The van der Waals surface area contributed by atoms with Crippen molar-refractivity contribution in [1.29, 1.82) is 0 Å². The maximum absolute atomic E-state index is 12.3. The molecule has 6 nitrogen and oxygen atoms in total. The van der Waals surface area contributed by atoms with Crippen LogP contribution in [-0.2, 0) is 0 Å². The number of rotatable bonds is 4. The van der Waals surface area contributed by atoms with Crippen LogP contribution >= 0.6 is 0 Å². The number of carboxylic acid groups (broad SMARTS) is 1. The van der Waals surface area contributed by atoms with Gasteiger partial charge < -0.3 is 14.5 Å². The molecule has 20 heavy (non-hydrogen) atoms. The molecule has 1 amide bonds. The molecular weight excluding hydrogens is 260 g/mol. The second kappa shape index (κ2) is 5.56. The van der Waals surface area contributed by atoms with E-state index < -0.39 is 11.9 Å². The zero-order chi connectivity index (χ0) is 14.7. The Morgan fingerprint density at radius 2 is 1.95 bits per heavy atom. The third kappa shape index (κ3) is 2.69. The highest BCUT2D eigenvalue weighted by Gasteiger charge is 2.22. The van der Waals surface area contributed by atoms with E-state index in [1.807, 2.05) is 38.1 Å². The van der Waals surface area contributed by atoms with Crippen LogP contribution in [-0.4, -0.2) is 28.7 Å². The maximum Gasteiger partial charge on any atom is 0.374 e. The second-order valence-electron chi connectivity index (χ2n) is 4.27. The van der Waals surface area contributed by atoms with Crippen LogP contribution in [0.2, 0.25) is 0 Å². The predicted octanol–water partition coefficient (Wildman–Crippen LogP) is 2.35. The summed E-state index contributed by atoms with van der Waals surface area (Å²) in [4.78, 5) is 24.5. The van der Waals surface area contributed by atoms with E-state index in [0.717, 1.165) is 17.3 Å². The van der Waals surface area contributed by atoms with Gasteiger partial charge in [-0.2, -0.15) is 0 Å². The Labute approximate surface area is 115 Å². The van der Waals surface area contributed by atoms with Crippen molar-refractivity contribution in [2.45, 2.75) is 13.8 Å². The van der Waals surface area contributed by atoms with Crippen LogP contribution in [0.3, 0.4) is 0 Å². The van der Waals surface area contributed by atoms with E-state index in [-0.39, 0.29) is 11.5 Å². The fourth-order valence-electron chi connectivity index (χ4n) is 1.78. The number of aromatic nitrogens is 1. The average molecular weight is 274 g/mol. The normalized spacial score (nSPS) is 10.3. The van der Waals surface area contributed by atoms with Crippen molar-refractivity contribution < 1.29 is 19.2 Å². The number of carbonyl (C=O) groups is 2. The van der Waals surface area contributed by atoms with Crippen LogP contribution in [0.15, 0.2) is 34.9 Å². The number of carboxylic acids is 1. The number of hydrogen-bond donors (Lipinski definition) is 1. The van der Waals surface area contributed by atoms with E-state index in [2.05, 4.69) is 9.68 Å². The number of aromatic carboxylic acids is 1. The first-order chi connectivity index (χ1) is 9.52. The molecule has 0 radical (unpaired) electrons. The SMILES string of the molecule is CCN(C(=O)c1cc(C(=O)O)on1)c1ccc(C)cc1. The second-order valence-corrected chi connectivity index (χ2v) is 4.27. The molecule has 1 aromatic carbocycles. The summed E-state index contributed by atoms with van der Waals surface area (Å²) < 4.78 is 4.60. The van der Waals surface area contributed by atoms with Crippen molar-refractivity contribution in [3.63, 3.8) is 0 Å². The molecule has 0 atom stereocenters. The standard InChI is InChI=1S/C14H14N2O4/c1-3-16(10-6-4-9(2)5-7-10)13(17)11-8-12(14(18)19)20-15-11/h4-8H,3H2,1-2H3,(H,18,19). The minimum absolute atomic E-state index is 0.0233. The molecule has 6 heteroatoms. The average Bonchev–Trinajstić information content (AvgIpc) is 2.91. The first-order valence-electron chi connectivity index (χ1n) is 6.11. The molecule has 2 aromatic rings. The Kier molecular flexibility index (Phi) is 3.84. The van der Waals surface area contributed by atoms with Gasteiger partial charge in [0.25, 0.3) is 5.91 Å². The van der Waals surface area contributed by atoms with Gasteiger partial charge in [0, 0.05) is 18.3 Å². The van der Waals surface area contributed by atoms with E-state index in [9.17, 15) is 9.59 Å². The number of benzene rings is 1. The van der Waals surface area contributed by atoms with Crippen molar-refractivity contribution >= 4 is 17.6 Å². The molecule has 0 unspecified atom stereocenters. The maximum atomic E-state index is 12.3. The van der Waals surface area contributed by atoms with Gasteiger partial charge in [-0.25, -0.2) is 4.79 Å². The lowest BCUT2D eigenvalue weighted by Gasteiger charge is -2.19. The topological polar surface area (TPSA) is 83.6 Å². The van der Waals surface area contributed by atoms with Gasteiger partial charge in [0.15, 0.2) is 5.69 Å². The Hall–Kier alpha value is -2.63. The zero-order valence-electron chi connectivity index (χ0n) is 11.2. The lowest BCUT2D eigenvalue weighted by Crippen LogP contribution is -2.30. The monoisotopic (exact) mass is 274 g/mol. The fourth-order valence-corrected chi connectivity index (χ4v) is 1.78. The molecule has 0 aliphatic rings. The predicted molar refractivity (Wildman–Crippen MR) is 72.0 cm³/mol. The van der Waals surface area contributed by atoms with Crippen LogP contribution in [0.5, 0.6) is 0 Å². The molecule has 1 N–H and O–H groups in total. The van der Waals surface area contributed by atoms with Crippen LogP contribution in [0.25, 0.3) is 0 Å². The molecule has 0 bridgehead atoms. The van der Waals surface area contributed by atoms with Crippen LogP contribution in [0.1, 0.15) is 33.5 Å². The Morgan fingerprint density at radius 3 is 2.45 bits per heavy atom. The number of hydrogen-bond acceptors (Lipinski definition) is 4. The summed E-state index contributed by atoms with van der Waals surface area (Å²) >= 11 is 0. The third-order valence-corrected chi connectivity index (χ3v) is 2.85. The van der Waals surface area contributed by atoms with Gasteiger partial charge in [0.1, 0.15) is 0 Å². The summed E-state index contributed by atoms with van der Waals surface area (Å²) in [5.74, 6) is -2.00. The quantitative estimate of drug-likeness (QED) is 0.925. The summed E-state index contributed by atoms with van der Waals surface area (Å²) in [6, 6.07) is 8.58. The first-order valence-corrected chi connectivity index (χ1v) is 6.11. The Morgan fingerprint density at radius 1 is 1.30 bits per heavy atom. The van der Waals surface area contributed by atoms with Crippen molar-refractivity contribution in [2.24, 2.45) is 0 Å². The van der Waals surface area contributed by atoms with E-state index in [4.69, 9.17) is 5.11 Å². The number of aryl methyl sites for hydroxylation is 1. The van der Waals surface area contributed by atoms with Gasteiger partial charge in [-0.3, -0.25) is 4.79 Å². The number of anilines is 1. The zero-order valence-corrected chi connectivity index (χ0v) is 11.2. The molecule has 0 aliphatic heterocycles. The minimum Gasteiger partial charge on any atom is -0.475 e. The molecule has 2 rings (SSSR count). The van der Waals surface area contributed by atoms with Crippen LogP contribution < -0.4 is 4.90 Å². The number of carbonyl (C=O) groups excluding carboxylic acids is 1. The van der Waals surface area contributed by atoms with Crippen LogP contribution in [0, 0.1) is 6.92 Å². The fraction of sp³-hybridized carbons (Fsp3) is 0.214. The highest BCUT2D eigenvalue weighted by atomic mass is 16.5. The minimum atomic E-state index is -1.25. The lowest BCUT2D eigenvalue weighted by molar-refractivity contribution is 0.0651. The smallest absolute Gasteiger partial charge is 0.374 e. The van der Waals surface area contributed by atoms with Crippen molar-refractivity contribution in [2.75, 3.05) is 11.4 Å². The van der Waals surface area contributed by atoms with E-state index >= 15 is 0 Å². The highest BCUT2D eigenvalue weighted by molar-refractivity contribution is 6.05. The molecule has 0 saturated heterocycles. The highest BCUT2D eigenvalue weighted by Crippen LogP contribution is 2.18. The summed E-state index contributed by atoms with van der Waals surface area (Å²) in [5, 5.41) is 12.3. The van der Waals surface area contributed by atoms with Crippen molar-refractivity contribution in [1.82, 2.24) is 5.16 Å². The Bertz CT molecular complexity index is 631. The molecule has 0 fully saturated rings. The third-order valence-electron chi connectivity index (χ3n) is 2.85. The van der Waals surface area contributed by atoms with Gasteiger partial charge in [-0.1, -0.05) is 22.9 Å². The Balaban J connectivity index is 2.28. The molecule has 1 heterocycles. The van der Waals surface area contributed by atoms with Gasteiger partial charge in [-0.15, -0.1) is 0 Å². The van der Waals surface area contributed by atoms with Gasteiger partial charge in [-0.05, 0) is 26.0 Å². The first kappa shape index (κ1) is 13.8. The van der Waals surface area contributed by atoms with Crippen LogP contribution in [0.4, 0.5) is 5.69 Å². The molecule has 1 aromatic heterocycles. The number of amides is 1. The summed E-state index contributed by atoms with van der Waals surface area (Å²) in [6.45, 7) is 4.23.